The lowest BCUT2D eigenvalue weighted by atomic mass is 10.2. The number of nitrogens with two attached hydrogens (primary N) is 1. The van der Waals surface area contributed by atoms with Crippen LogP contribution in [0.15, 0.2) is 28.5 Å². The van der Waals surface area contributed by atoms with E-state index in [-0.39, 0.29) is 16.3 Å². The van der Waals surface area contributed by atoms with Crippen molar-refractivity contribution in [2.75, 3.05) is 4.72 Å². The van der Waals surface area contributed by atoms with E-state index >= 15 is 0 Å². The molecule has 0 saturated carbocycles. The van der Waals surface area contributed by atoms with E-state index in [0.717, 1.165) is 17.4 Å². The van der Waals surface area contributed by atoms with Crippen molar-refractivity contribution in [3.05, 3.63) is 46.3 Å². The van der Waals surface area contributed by atoms with Gasteiger partial charge in [-0.05, 0) is 30.7 Å². The van der Waals surface area contributed by atoms with Gasteiger partial charge in [-0.15, -0.1) is 11.3 Å². The molecule has 1 aromatic heterocycles. The molecule has 1 heterocycles. The van der Waals surface area contributed by atoms with Crippen molar-refractivity contribution in [3.8, 4) is 0 Å². The Balaban J connectivity index is 2.41. The molecule has 0 bridgehead atoms. The van der Waals surface area contributed by atoms with E-state index in [0.29, 0.717) is 4.88 Å². The number of benzene rings is 1. The normalized spacial score (nSPS) is 11.6. The molecule has 0 aliphatic rings. The fourth-order valence-corrected chi connectivity index (χ4v) is 3.85. The Bertz CT molecular complexity index is 742. The van der Waals surface area contributed by atoms with E-state index in [1.165, 1.54) is 19.1 Å². The van der Waals surface area contributed by atoms with Crippen LogP contribution in [0, 0.1) is 18.6 Å². The molecule has 0 spiro atoms. The second-order valence-corrected chi connectivity index (χ2v) is 7.16. The number of halogens is 2. The number of hydrogen-bond donors (Lipinski definition) is 2. The molecule has 0 fully saturated rings. The van der Waals surface area contributed by atoms with Crippen LogP contribution in [-0.2, 0) is 16.6 Å². The van der Waals surface area contributed by atoms with Crippen molar-refractivity contribution in [1.82, 2.24) is 0 Å². The Kier molecular flexibility index (Phi) is 4.07. The maximum absolute atomic E-state index is 13.8. The lowest BCUT2D eigenvalue weighted by Gasteiger charge is -2.09. The van der Waals surface area contributed by atoms with Gasteiger partial charge in [-0.25, -0.2) is 17.2 Å². The van der Waals surface area contributed by atoms with Gasteiger partial charge in [0.05, 0.1) is 0 Å². The molecule has 0 radical (unpaired) electrons. The van der Waals surface area contributed by atoms with Gasteiger partial charge in [0.2, 0.25) is 0 Å². The van der Waals surface area contributed by atoms with Crippen molar-refractivity contribution in [2.24, 2.45) is 5.73 Å². The van der Waals surface area contributed by atoms with Gasteiger partial charge in [0.15, 0.2) is 5.82 Å². The molecule has 108 valence electrons. The van der Waals surface area contributed by atoms with Crippen molar-refractivity contribution in [1.29, 1.82) is 0 Å². The number of hydrogen-bond acceptors (Lipinski definition) is 4. The van der Waals surface area contributed by atoms with E-state index in [9.17, 15) is 17.2 Å². The third kappa shape index (κ3) is 2.82. The van der Waals surface area contributed by atoms with Crippen molar-refractivity contribution in [3.63, 3.8) is 0 Å². The van der Waals surface area contributed by atoms with Crippen molar-refractivity contribution >= 4 is 27.0 Å². The van der Waals surface area contributed by atoms with Crippen LogP contribution >= 0.6 is 11.3 Å². The van der Waals surface area contributed by atoms with E-state index in [1.807, 2.05) is 4.72 Å². The second kappa shape index (κ2) is 5.47. The molecule has 1 aromatic carbocycles. The first-order valence-electron chi connectivity index (χ1n) is 5.61. The molecule has 3 N–H and O–H groups in total. The molecule has 2 rings (SSSR count). The fraction of sp³-hybridized carbons (Fsp3) is 0.167. The van der Waals surface area contributed by atoms with Gasteiger partial charge in [-0.1, -0.05) is 6.07 Å². The fourth-order valence-electron chi connectivity index (χ4n) is 1.55. The average molecular weight is 318 g/mol. The summed E-state index contributed by atoms with van der Waals surface area (Å²) >= 11 is 0.955. The Morgan fingerprint density at radius 1 is 1.25 bits per heavy atom. The lowest BCUT2D eigenvalue weighted by molar-refractivity contribution is 0.579. The number of sulfonamides is 1. The summed E-state index contributed by atoms with van der Waals surface area (Å²) < 4.78 is 53.4. The number of aryl methyl sites for hydroxylation is 1. The second-order valence-electron chi connectivity index (χ2n) is 4.08. The van der Waals surface area contributed by atoms with Gasteiger partial charge >= 0.3 is 0 Å². The monoisotopic (exact) mass is 318 g/mol. The summed E-state index contributed by atoms with van der Waals surface area (Å²) in [4.78, 5) is 0.663. The summed E-state index contributed by atoms with van der Waals surface area (Å²) in [5.41, 5.74) is 4.88. The summed E-state index contributed by atoms with van der Waals surface area (Å²) in [7, 11) is -4.03. The van der Waals surface area contributed by atoms with Gasteiger partial charge in [-0.2, -0.15) is 0 Å². The third-order valence-electron chi connectivity index (χ3n) is 2.62. The van der Waals surface area contributed by atoms with Gasteiger partial charge < -0.3 is 5.73 Å². The Hall–Kier alpha value is -1.51. The molecular formula is C12H12F2N2O2S2. The molecule has 2 aromatic rings. The Morgan fingerprint density at radius 2 is 1.95 bits per heavy atom. The summed E-state index contributed by atoms with van der Waals surface area (Å²) in [6.07, 6.45) is 0. The maximum atomic E-state index is 13.8. The number of rotatable bonds is 4. The summed E-state index contributed by atoms with van der Waals surface area (Å²) in [5.74, 6) is -1.89. The van der Waals surface area contributed by atoms with E-state index in [4.69, 9.17) is 5.73 Å². The molecule has 20 heavy (non-hydrogen) atoms. The van der Waals surface area contributed by atoms with E-state index in [2.05, 4.69) is 0 Å². The van der Waals surface area contributed by atoms with Crippen LogP contribution in [0.5, 0.6) is 0 Å². The highest BCUT2D eigenvalue weighted by molar-refractivity contribution is 7.94. The Labute approximate surface area is 119 Å². The van der Waals surface area contributed by atoms with Crippen LogP contribution in [0.1, 0.15) is 10.4 Å². The minimum Gasteiger partial charge on any atom is -0.326 e. The zero-order valence-corrected chi connectivity index (χ0v) is 12.1. The standard InChI is InChI=1S/C12H12F2N2O2S2/c1-7-2-4-9(13)12(11(7)14)16-20(17,18)10-5-3-8(6-15)19-10/h2-5,16H,6,15H2,1H3. The topological polar surface area (TPSA) is 72.2 Å². The molecule has 0 amide bonds. The predicted octanol–water partition coefficient (Wildman–Crippen LogP) is 2.59. The highest BCUT2D eigenvalue weighted by Gasteiger charge is 2.21. The van der Waals surface area contributed by atoms with Crippen LogP contribution in [0.2, 0.25) is 0 Å². The highest BCUT2D eigenvalue weighted by atomic mass is 32.2. The molecule has 4 nitrogen and oxygen atoms in total. The lowest BCUT2D eigenvalue weighted by Crippen LogP contribution is -2.14. The minimum absolute atomic E-state index is 0.0433. The first-order chi connectivity index (χ1) is 9.35. The average Bonchev–Trinajstić information content (AvgIpc) is 2.89. The minimum atomic E-state index is -4.03. The molecule has 0 aliphatic carbocycles. The van der Waals surface area contributed by atoms with Gasteiger partial charge in [0.1, 0.15) is 15.7 Å². The van der Waals surface area contributed by atoms with Gasteiger partial charge in [0.25, 0.3) is 10.0 Å². The van der Waals surface area contributed by atoms with E-state index < -0.39 is 27.3 Å². The van der Waals surface area contributed by atoms with Crippen molar-refractivity contribution in [2.45, 2.75) is 17.7 Å². The summed E-state index contributed by atoms with van der Waals surface area (Å²) in [6, 6.07) is 5.15. The van der Waals surface area contributed by atoms with Gasteiger partial charge in [0, 0.05) is 11.4 Å². The largest absolute Gasteiger partial charge is 0.326 e. The molecule has 0 unspecified atom stereocenters. The zero-order chi connectivity index (χ0) is 14.9. The van der Waals surface area contributed by atoms with E-state index in [1.54, 1.807) is 6.07 Å². The molecular weight excluding hydrogens is 306 g/mol. The van der Waals surface area contributed by atoms with Crippen LogP contribution in [0.25, 0.3) is 0 Å². The SMILES string of the molecule is Cc1ccc(F)c(NS(=O)(=O)c2ccc(CN)s2)c1F. The van der Waals surface area contributed by atoms with Crippen LogP contribution in [0.4, 0.5) is 14.5 Å². The van der Waals surface area contributed by atoms with Crippen molar-refractivity contribution < 1.29 is 17.2 Å². The predicted molar refractivity (Wildman–Crippen MR) is 74.1 cm³/mol. The first kappa shape index (κ1) is 14.9. The summed E-state index contributed by atoms with van der Waals surface area (Å²) in [6.45, 7) is 1.62. The zero-order valence-electron chi connectivity index (χ0n) is 10.5. The molecule has 0 aliphatic heterocycles. The van der Waals surface area contributed by atoms with Crippen LogP contribution in [0.3, 0.4) is 0 Å². The smallest absolute Gasteiger partial charge is 0.271 e. The highest BCUT2D eigenvalue weighted by Crippen LogP contribution is 2.27. The molecule has 0 saturated heterocycles. The maximum Gasteiger partial charge on any atom is 0.271 e. The quantitative estimate of drug-likeness (QED) is 0.910. The van der Waals surface area contributed by atoms with Crippen LogP contribution in [-0.4, -0.2) is 8.42 Å². The number of anilines is 1. The number of nitrogens with one attached hydrogen (secondary N) is 1. The Morgan fingerprint density at radius 3 is 2.55 bits per heavy atom. The number of thiophene rings is 1. The van der Waals surface area contributed by atoms with Gasteiger partial charge in [-0.3, -0.25) is 4.72 Å². The molecule has 0 atom stereocenters. The molecule has 8 heteroatoms. The first-order valence-corrected chi connectivity index (χ1v) is 7.91. The third-order valence-corrected chi connectivity index (χ3v) is 5.57. The summed E-state index contributed by atoms with van der Waals surface area (Å²) in [5, 5.41) is 0. The van der Waals surface area contributed by atoms with Crippen LogP contribution < -0.4 is 10.5 Å².